The zero-order valence-electron chi connectivity index (χ0n) is 12.6. The van der Waals surface area contributed by atoms with Crippen LogP contribution in [-0.2, 0) is 4.74 Å². The zero-order valence-corrected chi connectivity index (χ0v) is 12.6. The molecule has 1 aliphatic rings. The Bertz CT molecular complexity index is 514. The van der Waals surface area contributed by atoms with Crippen LogP contribution >= 0.6 is 0 Å². The Hall–Kier alpha value is -1.88. The van der Waals surface area contributed by atoms with Crippen LogP contribution in [0.1, 0.15) is 37.0 Å². The third kappa shape index (κ3) is 4.29. The lowest BCUT2D eigenvalue weighted by molar-refractivity contribution is 0.0181. The molecule has 5 heteroatoms. The minimum Gasteiger partial charge on any atom is -0.377 e. The van der Waals surface area contributed by atoms with E-state index in [2.05, 4.69) is 5.32 Å². The predicted octanol–water partition coefficient (Wildman–Crippen LogP) is 2.92. The molecule has 1 aromatic rings. The first-order chi connectivity index (χ1) is 10.1. The summed E-state index contributed by atoms with van der Waals surface area (Å²) in [6.45, 7) is 5.50. The van der Waals surface area contributed by atoms with Crippen molar-refractivity contribution in [1.29, 1.82) is 0 Å². The monoisotopic (exact) mass is 290 g/mol. The van der Waals surface area contributed by atoms with E-state index in [0.29, 0.717) is 24.4 Å². The van der Waals surface area contributed by atoms with Gasteiger partial charge >= 0.3 is 6.03 Å². The number of anilines is 1. The highest BCUT2D eigenvalue weighted by Crippen LogP contribution is 2.16. The van der Waals surface area contributed by atoms with Crippen LogP contribution in [0.25, 0.3) is 0 Å². The van der Waals surface area contributed by atoms with Gasteiger partial charge in [-0.25, -0.2) is 4.79 Å². The average molecular weight is 290 g/mol. The number of urea groups is 1. The molecule has 21 heavy (non-hydrogen) atoms. The van der Waals surface area contributed by atoms with E-state index in [1.807, 2.05) is 6.92 Å². The molecule has 0 radical (unpaired) electrons. The number of carbonyl (C=O) groups excluding carboxylic acids is 2. The molecule has 5 nitrogen and oxygen atoms in total. The molecule has 1 atom stereocenters. The van der Waals surface area contributed by atoms with Crippen LogP contribution in [0.3, 0.4) is 0 Å². The van der Waals surface area contributed by atoms with Gasteiger partial charge < -0.3 is 15.0 Å². The fraction of sp³-hybridized carbons (Fsp3) is 0.500. The molecule has 0 aliphatic carbocycles. The molecule has 2 amide bonds. The first-order valence-corrected chi connectivity index (χ1v) is 7.38. The third-order valence-electron chi connectivity index (χ3n) is 3.59. The summed E-state index contributed by atoms with van der Waals surface area (Å²) >= 11 is 0. The Morgan fingerprint density at radius 1 is 1.43 bits per heavy atom. The highest BCUT2D eigenvalue weighted by molar-refractivity contribution is 5.96. The van der Waals surface area contributed by atoms with Gasteiger partial charge in [0.1, 0.15) is 0 Å². The minimum absolute atomic E-state index is 0.0134. The fourth-order valence-electron chi connectivity index (χ4n) is 2.51. The summed E-state index contributed by atoms with van der Waals surface area (Å²) in [5.74, 6) is -0.0134. The van der Waals surface area contributed by atoms with Gasteiger partial charge in [0, 0.05) is 30.9 Å². The van der Waals surface area contributed by atoms with Gasteiger partial charge in [-0.05, 0) is 38.8 Å². The van der Waals surface area contributed by atoms with Crippen LogP contribution in [-0.4, -0.2) is 42.5 Å². The molecule has 0 saturated carbocycles. The number of hydrogen-bond acceptors (Lipinski definition) is 3. The summed E-state index contributed by atoms with van der Waals surface area (Å²) in [5, 5.41) is 2.85. The molecule has 1 N–H and O–H groups in total. The molecule has 1 aliphatic heterocycles. The number of Topliss-reactive ketones (excluding diaryl/α,β-unsaturated/α-hetero) is 1. The molecule has 2 rings (SSSR count). The van der Waals surface area contributed by atoms with Crippen molar-refractivity contribution in [2.45, 2.75) is 32.8 Å². The van der Waals surface area contributed by atoms with Crippen molar-refractivity contribution >= 4 is 17.5 Å². The van der Waals surface area contributed by atoms with E-state index in [1.54, 1.807) is 29.2 Å². The summed E-state index contributed by atoms with van der Waals surface area (Å²) < 4.78 is 5.60. The summed E-state index contributed by atoms with van der Waals surface area (Å²) in [4.78, 5) is 25.4. The van der Waals surface area contributed by atoms with E-state index in [1.165, 1.54) is 6.92 Å². The summed E-state index contributed by atoms with van der Waals surface area (Å²) in [6.07, 6.45) is 2.07. The molecular formula is C16H22N2O3. The summed E-state index contributed by atoms with van der Waals surface area (Å²) in [6, 6.07) is 6.86. The molecule has 1 heterocycles. The highest BCUT2D eigenvalue weighted by Gasteiger charge is 2.23. The molecule has 1 aromatic carbocycles. The maximum atomic E-state index is 12.3. The second kappa shape index (κ2) is 7.22. The number of piperidine rings is 1. The lowest BCUT2D eigenvalue weighted by Crippen LogP contribution is -2.45. The fourth-order valence-corrected chi connectivity index (χ4v) is 2.51. The van der Waals surface area contributed by atoms with E-state index in [0.717, 1.165) is 19.4 Å². The van der Waals surface area contributed by atoms with Gasteiger partial charge in [-0.2, -0.15) is 0 Å². The predicted molar refractivity (Wildman–Crippen MR) is 81.7 cm³/mol. The van der Waals surface area contributed by atoms with Gasteiger partial charge in [0.25, 0.3) is 0 Å². The number of benzene rings is 1. The molecule has 0 bridgehead atoms. The number of nitrogens with zero attached hydrogens (tertiary/aromatic N) is 1. The van der Waals surface area contributed by atoms with Gasteiger partial charge in [-0.15, -0.1) is 0 Å². The van der Waals surface area contributed by atoms with Crippen molar-refractivity contribution in [3.8, 4) is 0 Å². The van der Waals surface area contributed by atoms with Crippen LogP contribution in [0.15, 0.2) is 24.3 Å². The molecule has 1 saturated heterocycles. The lowest BCUT2D eigenvalue weighted by Gasteiger charge is -2.32. The van der Waals surface area contributed by atoms with Crippen molar-refractivity contribution in [3.05, 3.63) is 29.8 Å². The van der Waals surface area contributed by atoms with Gasteiger partial charge in [0.05, 0.1) is 6.10 Å². The maximum absolute atomic E-state index is 12.3. The quantitative estimate of drug-likeness (QED) is 0.867. The zero-order chi connectivity index (χ0) is 15.2. The number of rotatable bonds is 4. The van der Waals surface area contributed by atoms with E-state index >= 15 is 0 Å². The van der Waals surface area contributed by atoms with Crippen LogP contribution in [0.4, 0.5) is 10.5 Å². The molecular weight excluding hydrogens is 268 g/mol. The molecule has 1 fully saturated rings. The van der Waals surface area contributed by atoms with Gasteiger partial charge in [0.2, 0.25) is 0 Å². The van der Waals surface area contributed by atoms with E-state index in [9.17, 15) is 9.59 Å². The Morgan fingerprint density at radius 3 is 2.95 bits per heavy atom. The van der Waals surface area contributed by atoms with Crippen LogP contribution in [0, 0.1) is 0 Å². The first kappa shape index (κ1) is 15.5. The molecule has 0 aromatic heterocycles. The van der Waals surface area contributed by atoms with Gasteiger partial charge in [0.15, 0.2) is 5.78 Å². The number of ether oxygens (including phenoxy) is 1. The Balaban J connectivity index is 1.97. The van der Waals surface area contributed by atoms with Crippen LogP contribution < -0.4 is 5.32 Å². The van der Waals surface area contributed by atoms with E-state index in [-0.39, 0.29) is 17.9 Å². The number of likely N-dealkylation sites (tertiary alicyclic amines) is 1. The number of amides is 2. The summed E-state index contributed by atoms with van der Waals surface area (Å²) in [7, 11) is 0. The normalized spacial score (nSPS) is 18.4. The highest BCUT2D eigenvalue weighted by atomic mass is 16.5. The number of hydrogen-bond donors (Lipinski definition) is 1. The van der Waals surface area contributed by atoms with Crippen molar-refractivity contribution in [2.75, 3.05) is 25.0 Å². The van der Waals surface area contributed by atoms with E-state index in [4.69, 9.17) is 4.74 Å². The standard InChI is InChI=1S/C16H22N2O3/c1-3-21-15-8-5-9-18(11-15)16(20)17-14-7-4-6-13(10-14)12(2)19/h4,6-7,10,15H,3,5,8-9,11H2,1-2H3,(H,17,20). The molecule has 0 spiro atoms. The van der Waals surface area contributed by atoms with Gasteiger partial charge in [-0.1, -0.05) is 12.1 Å². The van der Waals surface area contributed by atoms with E-state index < -0.39 is 0 Å². The number of carbonyl (C=O) groups is 2. The Morgan fingerprint density at radius 2 is 2.24 bits per heavy atom. The summed E-state index contributed by atoms with van der Waals surface area (Å²) in [5.41, 5.74) is 1.24. The smallest absolute Gasteiger partial charge is 0.321 e. The van der Waals surface area contributed by atoms with Crippen LogP contribution in [0.5, 0.6) is 0 Å². The van der Waals surface area contributed by atoms with Crippen LogP contribution in [0.2, 0.25) is 0 Å². The van der Waals surface area contributed by atoms with Crippen molar-refractivity contribution in [1.82, 2.24) is 4.90 Å². The first-order valence-electron chi connectivity index (χ1n) is 7.38. The third-order valence-corrected chi connectivity index (χ3v) is 3.59. The number of ketones is 1. The van der Waals surface area contributed by atoms with Crippen molar-refractivity contribution < 1.29 is 14.3 Å². The largest absolute Gasteiger partial charge is 0.377 e. The van der Waals surface area contributed by atoms with Gasteiger partial charge in [-0.3, -0.25) is 4.79 Å². The SMILES string of the molecule is CCOC1CCCN(C(=O)Nc2cccc(C(C)=O)c2)C1. The molecule has 1 unspecified atom stereocenters. The minimum atomic E-state index is -0.139. The second-order valence-corrected chi connectivity index (χ2v) is 5.23. The average Bonchev–Trinajstić information content (AvgIpc) is 2.48. The van der Waals surface area contributed by atoms with Crippen molar-refractivity contribution in [3.63, 3.8) is 0 Å². The number of nitrogens with one attached hydrogen (secondary N) is 1. The Kier molecular flexibility index (Phi) is 5.33. The maximum Gasteiger partial charge on any atom is 0.321 e. The molecule has 114 valence electrons. The Labute approximate surface area is 125 Å². The van der Waals surface area contributed by atoms with Crippen molar-refractivity contribution in [2.24, 2.45) is 0 Å². The lowest BCUT2D eigenvalue weighted by atomic mass is 10.1. The topological polar surface area (TPSA) is 58.6 Å². The second-order valence-electron chi connectivity index (χ2n) is 5.23.